The lowest BCUT2D eigenvalue weighted by Crippen LogP contribution is -2.34. The highest BCUT2D eigenvalue weighted by molar-refractivity contribution is 7.47. The van der Waals surface area contributed by atoms with Crippen LogP contribution in [-0.2, 0) is 37.5 Å². The van der Waals surface area contributed by atoms with Crippen LogP contribution in [-0.4, -0.2) is 59.9 Å². The van der Waals surface area contributed by atoms with Crippen molar-refractivity contribution >= 4 is 25.7 Å². The maximum absolute atomic E-state index is 12.6. The van der Waals surface area contributed by atoms with Gasteiger partial charge in [-0.1, -0.05) is 139 Å². The minimum Gasteiger partial charge on any atom is -0.480 e. The number of hydrogen-bond donors (Lipinski definition) is 3. The summed E-state index contributed by atoms with van der Waals surface area (Å²) in [5.74, 6) is -2.43. The van der Waals surface area contributed by atoms with Gasteiger partial charge in [-0.05, 0) is 57.8 Å². The number of unbranched alkanes of at least 4 members (excludes halogenated alkanes) is 15. The summed E-state index contributed by atoms with van der Waals surface area (Å²) in [5.41, 5.74) is 5.32. The number of rotatable bonds is 36. The van der Waals surface area contributed by atoms with E-state index in [0.29, 0.717) is 12.8 Å². The number of ether oxygens (including phenoxy) is 2. The first-order chi connectivity index (χ1) is 25.6. The van der Waals surface area contributed by atoms with E-state index in [1.807, 2.05) is 36.5 Å². The zero-order chi connectivity index (χ0) is 39.3. The van der Waals surface area contributed by atoms with Crippen LogP contribution in [0.4, 0.5) is 0 Å². The number of aliphatic carboxylic acids is 1. The maximum atomic E-state index is 12.6. The third kappa shape index (κ3) is 36.0. The minimum absolute atomic E-state index is 0.143. The van der Waals surface area contributed by atoms with Crippen molar-refractivity contribution in [1.82, 2.24) is 0 Å². The van der Waals surface area contributed by atoms with Crippen LogP contribution in [0.5, 0.6) is 0 Å². The zero-order valence-electron chi connectivity index (χ0n) is 32.6. The summed E-state index contributed by atoms with van der Waals surface area (Å²) in [5, 5.41) is 8.87. The number of carboxylic acids is 1. The van der Waals surface area contributed by atoms with Crippen molar-refractivity contribution in [3.8, 4) is 0 Å². The molecule has 0 aliphatic heterocycles. The summed E-state index contributed by atoms with van der Waals surface area (Å²) >= 11 is 0. The predicted octanol–water partition coefficient (Wildman–Crippen LogP) is 10.00. The van der Waals surface area contributed by atoms with E-state index in [2.05, 4.69) is 42.7 Å². The third-order valence-corrected chi connectivity index (χ3v) is 9.04. The number of allylic oxidation sites excluding steroid dienone is 10. The maximum Gasteiger partial charge on any atom is 0.472 e. The SMILES string of the molecule is CC/C=C/C=C/C=C/C=C/CCCCCCCC(=O)OC[C@H](COP(=O)(O)OC[C@H](N)C(=O)O)OC(=O)CCCCCCC/C=C/CCCCCCC. The lowest BCUT2D eigenvalue weighted by molar-refractivity contribution is -0.161. The molecule has 3 atom stereocenters. The smallest absolute Gasteiger partial charge is 0.472 e. The van der Waals surface area contributed by atoms with Crippen LogP contribution in [0.3, 0.4) is 0 Å². The molecule has 0 spiro atoms. The van der Waals surface area contributed by atoms with Gasteiger partial charge in [0.05, 0.1) is 13.2 Å². The van der Waals surface area contributed by atoms with Gasteiger partial charge in [0.1, 0.15) is 12.6 Å². The Morgan fingerprint density at radius 2 is 1.08 bits per heavy atom. The van der Waals surface area contributed by atoms with Crippen molar-refractivity contribution < 1.29 is 47.5 Å². The summed E-state index contributed by atoms with van der Waals surface area (Å²) in [4.78, 5) is 45.8. The molecule has 12 heteroatoms. The van der Waals surface area contributed by atoms with Crippen molar-refractivity contribution in [2.45, 2.75) is 161 Å². The van der Waals surface area contributed by atoms with Gasteiger partial charge in [0.2, 0.25) is 0 Å². The lowest BCUT2D eigenvalue weighted by Gasteiger charge is -2.20. The molecule has 11 nitrogen and oxygen atoms in total. The number of nitrogens with two attached hydrogens (primary N) is 1. The Balaban J connectivity index is 4.49. The van der Waals surface area contributed by atoms with Crippen molar-refractivity contribution in [2.75, 3.05) is 19.8 Å². The number of carbonyl (C=O) groups excluding carboxylic acids is 2. The molecule has 0 fully saturated rings. The number of carboxylic acid groups (broad SMARTS) is 1. The van der Waals surface area contributed by atoms with Crippen LogP contribution in [0, 0.1) is 0 Å². The van der Waals surface area contributed by atoms with Gasteiger partial charge in [0.15, 0.2) is 6.10 Å². The Kier molecular flexibility index (Phi) is 34.2. The van der Waals surface area contributed by atoms with Crippen molar-refractivity contribution in [3.63, 3.8) is 0 Å². The van der Waals surface area contributed by atoms with Gasteiger partial charge in [-0.3, -0.25) is 23.4 Å². The van der Waals surface area contributed by atoms with E-state index in [0.717, 1.165) is 77.0 Å². The first-order valence-corrected chi connectivity index (χ1v) is 21.4. The molecule has 304 valence electrons. The van der Waals surface area contributed by atoms with E-state index in [-0.39, 0.29) is 19.4 Å². The van der Waals surface area contributed by atoms with Gasteiger partial charge < -0.3 is 25.2 Å². The van der Waals surface area contributed by atoms with Gasteiger partial charge in [0, 0.05) is 12.8 Å². The number of carbonyl (C=O) groups is 3. The zero-order valence-corrected chi connectivity index (χ0v) is 33.5. The number of phosphoric acid groups is 1. The first-order valence-electron chi connectivity index (χ1n) is 19.9. The Hall–Kier alpha value is -2.82. The normalized spacial score (nSPS) is 14.5. The molecular weight excluding hydrogens is 697 g/mol. The molecule has 0 aromatic carbocycles. The molecule has 1 unspecified atom stereocenters. The molecule has 0 rings (SSSR count). The van der Waals surface area contributed by atoms with Gasteiger partial charge in [-0.25, -0.2) is 4.57 Å². The summed E-state index contributed by atoms with van der Waals surface area (Å²) in [6, 6.07) is -1.53. The van der Waals surface area contributed by atoms with Crippen molar-refractivity contribution in [2.24, 2.45) is 5.73 Å². The summed E-state index contributed by atoms with van der Waals surface area (Å²) in [7, 11) is -4.72. The van der Waals surface area contributed by atoms with Crippen LogP contribution < -0.4 is 5.73 Å². The van der Waals surface area contributed by atoms with E-state index in [1.165, 1.54) is 32.1 Å². The summed E-state index contributed by atoms with van der Waals surface area (Å²) < 4.78 is 32.6. The summed E-state index contributed by atoms with van der Waals surface area (Å²) in [6.07, 6.45) is 40.0. The van der Waals surface area contributed by atoms with E-state index < -0.39 is 51.1 Å². The van der Waals surface area contributed by atoms with Crippen molar-refractivity contribution in [1.29, 1.82) is 0 Å². The van der Waals surface area contributed by atoms with E-state index in [4.69, 9.17) is 24.8 Å². The van der Waals surface area contributed by atoms with Gasteiger partial charge >= 0.3 is 25.7 Å². The fourth-order valence-corrected chi connectivity index (χ4v) is 5.73. The topological polar surface area (TPSA) is 172 Å². The average Bonchev–Trinajstić information content (AvgIpc) is 3.13. The Bertz CT molecular complexity index is 1130. The fraction of sp³-hybridized carbons (Fsp3) is 0.683. The number of phosphoric ester groups is 1. The largest absolute Gasteiger partial charge is 0.480 e. The van der Waals surface area contributed by atoms with Crippen LogP contribution >= 0.6 is 7.82 Å². The number of esters is 2. The molecule has 0 aliphatic rings. The minimum atomic E-state index is -4.72. The first kappa shape index (κ1) is 50.2. The third-order valence-electron chi connectivity index (χ3n) is 8.09. The molecule has 0 aromatic rings. The number of hydrogen-bond acceptors (Lipinski definition) is 9. The van der Waals surface area contributed by atoms with Crippen LogP contribution in [0.1, 0.15) is 149 Å². The second-order valence-corrected chi connectivity index (χ2v) is 14.6. The van der Waals surface area contributed by atoms with Crippen LogP contribution in [0.25, 0.3) is 0 Å². The molecule has 0 heterocycles. The van der Waals surface area contributed by atoms with E-state index in [9.17, 15) is 23.8 Å². The average molecular weight is 768 g/mol. The highest BCUT2D eigenvalue weighted by Gasteiger charge is 2.28. The molecule has 4 N–H and O–H groups in total. The standard InChI is InChI=1S/C41H70NO10P/c1-3-5-7-9-11-13-15-17-19-21-22-24-26-28-30-32-39(43)49-34-37(35-50-53(47,48)51-36-38(42)41(45)46)52-40(44)33-31-29-27-25-23-20-18-16-14-12-10-8-6-4-2/h5,7,9,11,13,15-19,37-38H,3-4,6,8,10,12,14,20-36,42H2,1-2H3,(H,45,46)(H,47,48)/b7-5+,11-9+,15-13+,18-16+,19-17+/t37-,38+/m1/s1. The molecule has 0 amide bonds. The molecule has 0 bridgehead atoms. The highest BCUT2D eigenvalue weighted by Crippen LogP contribution is 2.43. The van der Waals surface area contributed by atoms with Crippen LogP contribution in [0.2, 0.25) is 0 Å². The monoisotopic (exact) mass is 767 g/mol. The Morgan fingerprint density at radius 3 is 1.64 bits per heavy atom. The quantitative estimate of drug-likeness (QED) is 0.0182. The molecule has 0 saturated carbocycles. The van der Waals surface area contributed by atoms with Crippen molar-refractivity contribution in [3.05, 3.63) is 60.8 Å². The Labute approximate surface area is 319 Å². The Morgan fingerprint density at radius 1 is 0.604 bits per heavy atom. The molecular formula is C41H70NO10P. The summed E-state index contributed by atoms with van der Waals surface area (Å²) in [6.45, 7) is 2.60. The second-order valence-electron chi connectivity index (χ2n) is 13.1. The fourth-order valence-electron chi connectivity index (χ4n) is 4.95. The lowest BCUT2D eigenvalue weighted by atomic mass is 10.1. The molecule has 0 aliphatic carbocycles. The molecule has 53 heavy (non-hydrogen) atoms. The van der Waals surface area contributed by atoms with Gasteiger partial charge in [-0.2, -0.15) is 0 Å². The van der Waals surface area contributed by atoms with E-state index >= 15 is 0 Å². The van der Waals surface area contributed by atoms with Gasteiger partial charge in [0.25, 0.3) is 0 Å². The molecule has 0 saturated heterocycles. The molecule has 0 radical (unpaired) electrons. The van der Waals surface area contributed by atoms with Crippen LogP contribution in [0.15, 0.2) is 60.8 Å². The molecule has 0 aromatic heterocycles. The van der Waals surface area contributed by atoms with E-state index in [1.54, 1.807) is 0 Å². The second kappa shape index (κ2) is 36.2. The highest BCUT2D eigenvalue weighted by atomic mass is 31.2. The van der Waals surface area contributed by atoms with Gasteiger partial charge in [-0.15, -0.1) is 0 Å². The predicted molar refractivity (Wildman–Crippen MR) is 212 cm³/mol.